The van der Waals surface area contributed by atoms with E-state index in [1.54, 1.807) is 19.1 Å². The molecule has 0 bridgehead atoms. The molecule has 2 aromatic heterocycles. The Morgan fingerprint density at radius 1 is 1.12 bits per heavy atom. The van der Waals surface area contributed by atoms with Gasteiger partial charge in [0.2, 0.25) is 21.8 Å². The van der Waals surface area contributed by atoms with Crippen molar-refractivity contribution in [2.75, 3.05) is 20.7 Å². The molecule has 0 saturated heterocycles. The number of methoxy groups -OCH3 is 1. The van der Waals surface area contributed by atoms with Crippen LogP contribution in [0.15, 0.2) is 35.7 Å². The molecule has 2 N–H and O–H groups in total. The van der Waals surface area contributed by atoms with E-state index in [2.05, 4.69) is 23.9 Å². The van der Waals surface area contributed by atoms with E-state index in [4.69, 9.17) is 19.4 Å². The summed E-state index contributed by atoms with van der Waals surface area (Å²) in [6, 6.07) is 5.66. The second-order valence-corrected chi connectivity index (χ2v) is 17.9. The van der Waals surface area contributed by atoms with Crippen molar-refractivity contribution in [1.29, 1.82) is 0 Å². The number of hydrogen-bond acceptors (Lipinski definition) is 10. The van der Waals surface area contributed by atoms with E-state index in [9.17, 15) is 22.8 Å². The summed E-state index contributed by atoms with van der Waals surface area (Å²) in [6.07, 6.45) is 7.61. The van der Waals surface area contributed by atoms with E-state index < -0.39 is 50.6 Å². The summed E-state index contributed by atoms with van der Waals surface area (Å²) in [5.41, 5.74) is 1.79. The number of hydrogen-bond donors (Lipinski definition) is 2. The van der Waals surface area contributed by atoms with E-state index in [1.807, 2.05) is 42.7 Å². The van der Waals surface area contributed by atoms with Gasteiger partial charge in [-0.05, 0) is 76.3 Å². The van der Waals surface area contributed by atoms with Crippen molar-refractivity contribution < 1.29 is 32.3 Å². The maximum atomic E-state index is 14.3. The minimum absolute atomic E-state index is 0.147. The zero-order chi connectivity index (χ0) is 36.9. The third-order valence-corrected chi connectivity index (χ3v) is 13.7. The quantitative estimate of drug-likeness (QED) is 0.294. The van der Waals surface area contributed by atoms with Gasteiger partial charge in [0.15, 0.2) is 0 Å². The zero-order valence-corrected chi connectivity index (χ0v) is 31.9. The molecule has 12 nitrogen and oxygen atoms in total. The van der Waals surface area contributed by atoms with Gasteiger partial charge in [-0.2, -0.15) is 0 Å². The highest BCUT2D eigenvalue weighted by molar-refractivity contribution is 7.91. The van der Waals surface area contributed by atoms with Gasteiger partial charge in [-0.25, -0.2) is 18.4 Å². The second-order valence-electron chi connectivity index (χ2n) is 15.1. The fourth-order valence-electron chi connectivity index (χ4n) is 7.55. The molecule has 3 amide bonds. The third-order valence-electron chi connectivity index (χ3n) is 11.0. The van der Waals surface area contributed by atoms with Crippen LogP contribution in [0.2, 0.25) is 0 Å². The molecule has 1 unspecified atom stereocenters. The van der Waals surface area contributed by atoms with Crippen LogP contribution in [0.1, 0.15) is 82.4 Å². The van der Waals surface area contributed by atoms with E-state index in [1.165, 1.54) is 11.3 Å². The Morgan fingerprint density at radius 2 is 1.88 bits per heavy atom. The Morgan fingerprint density at radius 3 is 2.60 bits per heavy atom. The molecular weight excluding hydrogens is 703 g/mol. The number of ether oxygens (including phenoxy) is 2. The molecule has 3 aromatic rings. The van der Waals surface area contributed by atoms with Gasteiger partial charge in [0.1, 0.15) is 33.8 Å². The van der Waals surface area contributed by atoms with Crippen LogP contribution in [0.5, 0.6) is 11.5 Å². The summed E-state index contributed by atoms with van der Waals surface area (Å²) in [4.78, 5) is 53.5. The van der Waals surface area contributed by atoms with E-state index in [0.29, 0.717) is 48.5 Å². The van der Waals surface area contributed by atoms with Crippen molar-refractivity contribution >= 4 is 50.0 Å². The predicted molar refractivity (Wildman–Crippen MR) is 199 cm³/mol. The van der Waals surface area contributed by atoms with Crippen molar-refractivity contribution in [3.05, 3.63) is 47.0 Å². The summed E-state index contributed by atoms with van der Waals surface area (Å²) in [6.45, 7) is 6.69. The summed E-state index contributed by atoms with van der Waals surface area (Å²) < 4.78 is 40.2. The molecule has 3 aliphatic carbocycles. The first-order valence-corrected chi connectivity index (χ1v) is 20.6. The summed E-state index contributed by atoms with van der Waals surface area (Å²) >= 11 is 1.51. The van der Waals surface area contributed by atoms with E-state index in [-0.39, 0.29) is 30.6 Å². The van der Waals surface area contributed by atoms with Crippen LogP contribution >= 0.6 is 11.3 Å². The molecule has 1 aliphatic heterocycles. The highest BCUT2D eigenvalue weighted by Crippen LogP contribution is 2.47. The van der Waals surface area contributed by atoms with Crippen LogP contribution in [0.4, 0.5) is 0 Å². The number of allylic oxidation sites excluding steroid dienone is 1. The van der Waals surface area contributed by atoms with Crippen molar-refractivity contribution in [3.8, 4) is 22.2 Å². The Hall–Kier alpha value is -4.04. The number of carbonyl (C=O) groups is 3. The lowest BCUT2D eigenvalue weighted by Gasteiger charge is -2.26. The molecule has 1 aromatic carbocycles. The number of fused-ring (bicyclic) bond motifs is 3. The Labute approximate surface area is 308 Å². The lowest BCUT2D eigenvalue weighted by atomic mass is 9.93. The lowest BCUT2D eigenvalue weighted by Crippen LogP contribution is -2.54. The van der Waals surface area contributed by atoms with Gasteiger partial charge in [0.25, 0.3) is 5.91 Å². The van der Waals surface area contributed by atoms with Crippen molar-refractivity contribution in [2.24, 2.45) is 17.8 Å². The highest BCUT2D eigenvalue weighted by atomic mass is 32.2. The Kier molecular flexibility index (Phi) is 9.83. The standard InChI is InChI=1S/C38H47N5O7S2/c1-21(2)30-20-51-35(40-30)29-18-32(26-13-14-31(49-5)22(3)33(26)39-29)50-24-16-27-28(17-24)36(45)43(4)15-9-7-6-8-10-23-19-38(23,41-34(27)44)37(46)42-52(47,48)25-11-12-25/h8,10,13-14,18,20-21,23-25,27-28H,6-7,9,11-12,15-17,19H2,1-5H3,(H,41,44)(H,42,46)/b10-8-/t23-,24?,27-,28-,38-/m1/s1. The average molecular weight is 750 g/mol. The topological polar surface area (TPSA) is 157 Å². The number of carbonyl (C=O) groups excluding carboxylic acids is 3. The largest absolute Gasteiger partial charge is 0.496 e. The molecule has 278 valence electrons. The molecule has 52 heavy (non-hydrogen) atoms. The van der Waals surface area contributed by atoms with Crippen molar-refractivity contribution in [1.82, 2.24) is 24.9 Å². The number of amides is 3. The number of thiazole rings is 1. The van der Waals surface area contributed by atoms with E-state index >= 15 is 0 Å². The highest BCUT2D eigenvalue weighted by Gasteiger charge is 2.62. The Bertz CT molecular complexity index is 2040. The predicted octanol–water partition coefficient (Wildman–Crippen LogP) is 5.25. The summed E-state index contributed by atoms with van der Waals surface area (Å²) in [5, 5.41) is 5.95. The molecular formula is C38H47N5O7S2. The van der Waals surface area contributed by atoms with Gasteiger partial charge >= 0.3 is 0 Å². The number of sulfonamides is 1. The van der Waals surface area contributed by atoms with Crippen LogP contribution in [0, 0.1) is 24.7 Å². The first kappa shape index (κ1) is 36.3. The monoisotopic (exact) mass is 749 g/mol. The van der Waals surface area contributed by atoms with Crippen LogP contribution in [0.25, 0.3) is 21.6 Å². The molecule has 0 radical (unpaired) electrons. The lowest BCUT2D eigenvalue weighted by molar-refractivity contribution is -0.140. The van der Waals surface area contributed by atoms with Gasteiger partial charge < -0.3 is 19.7 Å². The number of aryl methyl sites for hydroxylation is 1. The fraction of sp³-hybridized carbons (Fsp3) is 0.553. The first-order chi connectivity index (χ1) is 24.8. The molecule has 3 heterocycles. The number of rotatable bonds is 8. The van der Waals surface area contributed by atoms with Crippen LogP contribution in [-0.4, -0.2) is 78.6 Å². The van der Waals surface area contributed by atoms with Gasteiger partial charge in [-0.3, -0.25) is 19.1 Å². The number of nitrogens with zero attached hydrogens (tertiary/aromatic N) is 3. The SMILES string of the molecule is COc1ccc2c(OC3C[C@H]4C(=O)N[C@]5(C(=O)NS(=O)(=O)C6CC6)C[C@H]5/C=C\CCCCN(C)C(=O)[C@@H]4C3)cc(-c3nc(C(C)C)cs3)nc2c1C. The van der Waals surface area contributed by atoms with Gasteiger partial charge in [-0.15, -0.1) is 11.3 Å². The molecule has 4 aliphatic rings. The summed E-state index contributed by atoms with van der Waals surface area (Å²) in [5.74, 6) is -1.63. The van der Waals surface area contributed by atoms with Crippen molar-refractivity contribution in [2.45, 2.75) is 94.9 Å². The molecule has 14 heteroatoms. The minimum atomic E-state index is -3.83. The maximum Gasteiger partial charge on any atom is 0.259 e. The molecule has 3 fully saturated rings. The maximum absolute atomic E-state index is 14.3. The Balaban J connectivity index is 1.21. The number of nitrogens with one attached hydrogen (secondary N) is 2. The van der Waals surface area contributed by atoms with Crippen LogP contribution in [-0.2, 0) is 24.4 Å². The average Bonchev–Trinajstić information content (AvgIpc) is 3.98. The number of pyridine rings is 1. The third kappa shape index (κ3) is 7.03. The molecule has 3 saturated carbocycles. The second kappa shape index (κ2) is 14.1. The van der Waals surface area contributed by atoms with Crippen LogP contribution in [0.3, 0.4) is 0 Å². The molecule has 7 rings (SSSR count). The zero-order valence-electron chi connectivity index (χ0n) is 30.3. The normalized spacial score (nSPS) is 27.4. The van der Waals surface area contributed by atoms with Crippen molar-refractivity contribution in [3.63, 3.8) is 0 Å². The number of benzene rings is 1. The van der Waals surface area contributed by atoms with Gasteiger partial charge in [-0.1, -0.05) is 26.0 Å². The molecule has 0 spiro atoms. The minimum Gasteiger partial charge on any atom is -0.496 e. The molecule has 5 atom stereocenters. The van der Waals surface area contributed by atoms with Crippen LogP contribution < -0.4 is 19.5 Å². The fourth-order valence-corrected chi connectivity index (χ4v) is 9.85. The van der Waals surface area contributed by atoms with E-state index in [0.717, 1.165) is 40.9 Å². The van der Waals surface area contributed by atoms with Gasteiger partial charge in [0.05, 0.1) is 35.4 Å². The van der Waals surface area contributed by atoms with Gasteiger partial charge in [0, 0.05) is 41.9 Å². The summed E-state index contributed by atoms with van der Waals surface area (Å²) in [7, 11) is -0.445. The number of aromatic nitrogens is 2. The first-order valence-electron chi connectivity index (χ1n) is 18.2. The smallest absolute Gasteiger partial charge is 0.259 e.